The largest absolute Gasteiger partial charge is 0.496 e. The Balaban J connectivity index is 2.25. The Morgan fingerprint density at radius 2 is 1.62 bits per heavy atom. The highest BCUT2D eigenvalue weighted by molar-refractivity contribution is 6.14. The second kappa shape index (κ2) is 5.61. The topological polar surface area (TPSA) is 80.3 Å². The number of hydrogen-bond donors (Lipinski definition) is 0. The van der Waals surface area contributed by atoms with Crippen LogP contribution in [0.5, 0.6) is 17.2 Å². The third kappa shape index (κ3) is 1.91. The fourth-order valence-electron chi connectivity index (χ4n) is 3.27. The molecule has 1 atom stereocenters. The van der Waals surface area contributed by atoms with E-state index in [-0.39, 0.29) is 23.5 Å². The van der Waals surface area contributed by atoms with Crippen molar-refractivity contribution in [3.63, 3.8) is 0 Å². The van der Waals surface area contributed by atoms with Crippen LogP contribution in [0, 0.1) is 0 Å². The van der Waals surface area contributed by atoms with Gasteiger partial charge in [-0.05, 0) is 24.3 Å². The number of methoxy groups -OCH3 is 4. The first-order valence-corrected chi connectivity index (χ1v) is 7.29. The van der Waals surface area contributed by atoms with Crippen molar-refractivity contribution in [3.8, 4) is 17.2 Å². The third-order valence-electron chi connectivity index (χ3n) is 4.47. The molecule has 2 aliphatic rings. The van der Waals surface area contributed by atoms with E-state index in [4.69, 9.17) is 23.7 Å². The molecule has 3 rings (SSSR count). The number of fused-ring (bicyclic) bond motifs is 1. The first-order chi connectivity index (χ1) is 11.5. The Bertz CT molecular complexity index is 733. The number of Topliss-reactive ketones (excluding diaryl/α,β-unsaturated/α-hetero) is 1. The van der Waals surface area contributed by atoms with Crippen LogP contribution in [0.3, 0.4) is 0 Å². The highest BCUT2D eigenvalue weighted by Gasteiger charge is 2.66. The second-order valence-electron chi connectivity index (χ2n) is 5.48. The van der Waals surface area contributed by atoms with Gasteiger partial charge in [0, 0.05) is 14.2 Å². The van der Waals surface area contributed by atoms with E-state index in [1.807, 2.05) is 0 Å². The van der Waals surface area contributed by atoms with E-state index < -0.39 is 17.2 Å². The second-order valence-corrected chi connectivity index (χ2v) is 5.48. The standard InChI is InChI=1S/C17H18O7/c1-20-11-5-6-12(21-2)14-13(11)15(19)16(24-14)9-10(18)7-8-17(16,22-3)23-4/h5-8H,9H2,1-4H3. The molecule has 1 aliphatic carbocycles. The Kier molecular flexibility index (Phi) is 3.85. The van der Waals surface area contributed by atoms with Gasteiger partial charge in [-0.15, -0.1) is 0 Å². The maximum atomic E-state index is 13.3. The quantitative estimate of drug-likeness (QED) is 0.773. The number of carbonyl (C=O) groups is 2. The van der Waals surface area contributed by atoms with E-state index in [1.165, 1.54) is 40.6 Å². The molecule has 1 heterocycles. The van der Waals surface area contributed by atoms with Gasteiger partial charge in [-0.3, -0.25) is 9.59 Å². The molecule has 128 valence electrons. The summed E-state index contributed by atoms with van der Waals surface area (Å²) >= 11 is 0. The van der Waals surface area contributed by atoms with E-state index in [9.17, 15) is 9.59 Å². The molecular formula is C17H18O7. The minimum Gasteiger partial charge on any atom is -0.496 e. The Morgan fingerprint density at radius 3 is 2.21 bits per heavy atom. The highest BCUT2D eigenvalue weighted by Crippen LogP contribution is 2.53. The van der Waals surface area contributed by atoms with Crippen LogP contribution in [0.15, 0.2) is 24.3 Å². The average Bonchev–Trinajstić information content (AvgIpc) is 2.89. The summed E-state index contributed by atoms with van der Waals surface area (Å²) < 4.78 is 27.5. The van der Waals surface area contributed by atoms with Crippen LogP contribution in [0.25, 0.3) is 0 Å². The Labute approximate surface area is 139 Å². The molecule has 1 aliphatic heterocycles. The fraction of sp³-hybridized carbons (Fsp3) is 0.412. The number of carbonyl (C=O) groups excluding carboxylic acids is 2. The molecule has 0 aromatic heterocycles. The fourth-order valence-corrected chi connectivity index (χ4v) is 3.27. The molecule has 0 saturated heterocycles. The van der Waals surface area contributed by atoms with E-state index in [1.54, 1.807) is 12.1 Å². The van der Waals surface area contributed by atoms with Crippen LogP contribution in [0.4, 0.5) is 0 Å². The molecule has 1 unspecified atom stereocenters. The van der Waals surface area contributed by atoms with Gasteiger partial charge in [-0.25, -0.2) is 0 Å². The number of hydrogen-bond acceptors (Lipinski definition) is 7. The summed E-state index contributed by atoms with van der Waals surface area (Å²) in [5.41, 5.74) is -1.47. The zero-order valence-electron chi connectivity index (χ0n) is 13.9. The van der Waals surface area contributed by atoms with E-state index in [0.29, 0.717) is 11.5 Å². The molecule has 0 amide bonds. The molecule has 0 radical (unpaired) electrons. The smallest absolute Gasteiger partial charge is 0.237 e. The van der Waals surface area contributed by atoms with Crippen molar-refractivity contribution < 1.29 is 33.3 Å². The number of rotatable bonds is 4. The summed E-state index contributed by atoms with van der Waals surface area (Å²) in [7, 11) is 5.69. The van der Waals surface area contributed by atoms with E-state index in [0.717, 1.165) is 0 Å². The number of ether oxygens (including phenoxy) is 5. The van der Waals surface area contributed by atoms with Crippen LogP contribution >= 0.6 is 0 Å². The van der Waals surface area contributed by atoms with Crippen molar-refractivity contribution in [2.24, 2.45) is 0 Å². The zero-order chi connectivity index (χ0) is 17.5. The van der Waals surface area contributed by atoms with Crippen LogP contribution in [0.1, 0.15) is 16.8 Å². The first-order valence-electron chi connectivity index (χ1n) is 7.29. The SMILES string of the molecule is COc1ccc(OC)c2c1OC1(CC(=O)C=CC1(OC)OC)C2=O. The van der Waals surface area contributed by atoms with Crippen molar-refractivity contribution in [2.75, 3.05) is 28.4 Å². The van der Waals surface area contributed by atoms with Gasteiger partial charge >= 0.3 is 0 Å². The molecule has 7 heteroatoms. The van der Waals surface area contributed by atoms with Gasteiger partial charge < -0.3 is 23.7 Å². The van der Waals surface area contributed by atoms with Crippen LogP contribution < -0.4 is 14.2 Å². The van der Waals surface area contributed by atoms with Crippen LogP contribution in [0.2, 0.25) is 0 Å². The molecule has 7 nitrogen and oxygen atoms in total. The average molecular weight is 334 g/mol. The molecule has 0 fully saturated rings. The number of allylic oxidation sites excluding steroid dienone is 1. The molecule has 0 N–H and O–H groups in total. The molecule has 24 heavy (non-hydrogen) atoms. The summed E-state index contributed by atoms with van der Waals surface area (Å²) in [6, 6.07) is 3.24. The monoisotopic (exact) mass is 334 g/mol. The van der Waals surface area contributed by atoms with Gasteiger partial charge in [0.25, 0.3) is 0 Å². The van der Waals surface area contributed by atoms with Gasteiger partial charge in [0.05, 0.1) is 20.6 Å². The van der Waals surface area contributed by atoms with Crippen LogP contribution in [-0.2, 0) is 14.3 Å². The lowest BCUT2D eigenvalue weighted by molar-refractivity contribution is -0.244. The van der Waals surface area contributed by atoms with Gasteiger partial charge in [-0.2, -0.15) is 0 Å². The van der Waals surface area contributed by atoms with E-state index >= 15 is 0 Å². The maximum absolute atomic E-state index is 13.3. The number of ketones is 2. The van der Waals surface area contributed by atoms with Crippen LogP contribution in [-0.4, -0.2) is 51.4 Å². The molecule has 0 saturated carbocycles. The summed E-state index contributed by atoms with van der Waals surface area (Å²) in [5.74, 6) is -1.35. The predicted octanol–water partition coefficient (Wildman–Crippen LogP) is 1.54. The Hall–Kier alpha value is -2.38. The van der Waals surface area contributed by atoms with Gasteiger partial charge in [0.15, 0.2) is 17.3 Å². The van der Waals surface area contributed by atoms with Crippen molar-refractivity contribution >= 4 is 11.6 Å². The number of benzene rings is 1. The van der Waals surface area contributed by atoms with Crippen molar-refractivity contribution in [2.45, 2.75) is 17.8 Å². The highest BCUT2D eigenvalue weighted by atomic mass is 16.7. The van der Waals surface area contributed by atoms with Crippen molar-refractivity contribution in [3.05, 3.63) is 29.8 Å². The van der Waals surface area contributed by atoms with E-state index in [2.05, 4.69) is 0 Å². The summed E-state index contributed by atoms with van der Waals surface area (Å²) in [6.45, 7) is 0. The summed E-state index contributed by atoms with van der Waals surface area (Å²) in [6.07, 6.45) is 2.51. The molecular weight excluding hydrogens is 316 g/mol. The lowest BCUT2D eigenvalue weighted by atomic mass is 9.78. The van der Waals surface area contributed by atoms with Gasteiger partial charge in [0.1, 0.15) is 11.3 Å². The summed E-state index contributed by atoms with van der Waals surface area (Å²) in [5, 5.41) is 0. The van der Waals surface area contributed by atoms with Gasteiger partial charge in [0.2, 0.25) is 17.2 Å². The normalized spacial score (nSPS) is 24.0. The molecule has 1 spiro atoms. The lowest BCUT2D eigenvalue weighted by Crippen LogP contribution is -2.64. The minimum absolute atomic E-state index is 0.207. The maximum Gasteiger partial charge on any atom is 0.237 e. The third-order valence-corrected chi connectivity index (χ3v) is 4.47. The van der Waals surface area contributed by atoms with Crippen molar-refractivity contribution in [1.82, 2.24) is 0 Å². The summed E-state index contributed by atoms with van der Waals surface area (Å²) in [4.78, 5) is 25.4. The zero-order valence-corrected chi connectivity index (χ0v) is 13.9. The lowest BCUT2D eigenvalue weighted by Gasteiger charge is -2.43. The van der Waals surface area contributed by atoms with Gasteiger partial charge in [-0.1, -0.05) is 0 Å². The minimum atomic E-state index is -1.67. The Morgan fingerprint density at radius 1 is 1.00 bits per heavy atom. The van der Waals surface area contributed by atoms with Crippen molar-refractivity contribution in [1.29, 1.82) is 0 Å². The molecule has 1 aromatic rings. The predicted molar refractivity (Wildman–Crippen MR) is 82.7 cm³/mol. The molecule has 0 bridgehead atoms. The molecule has 1 aromatic carbocycles. The first kappa shape index (κ1) is 16.5.